The van der Waals surface area contributed by atoms with Crippen molar-refractivity contribution in [3.8, 4) is 0 Å². The Morgan fingerprint density at radius 3 is 2.12 bits per heavy atom. The summed E-state index contributed by atoms with van der Waals surface area (Å²) in [5, 5.41) is 9.25. The monoisotopic (exact) mass is 231 g/mol. The summed E-state index contributed by atoms with van der Waals surface area (Å²) in [6, 6.07) is 1.91. The molecule has 0 unspecified atom stereocenters. The molecule has 1 fully saturated rings. The average Bonchev–Trinajstić information content (AvgIpc) is 2.20. The summed E-state index contributed by atoms with van der Waals surface area (Å²) in [6.45, 7) is 0.175. The first kappa shape index (κ1) is 11.4. The van der Waals surface area contributed by atoms with Gasteiger partial charge in [0.25, 0.3) is 0 Å². The van der Waals surface area contributed by atoms with Gasteiger partial charge in [-0.05, 0) is 30.5 Å². The third kappa shape index (κ3) is 1.60. The van der Waals surface area contributed by atoms with Crippen LogP contribution in [-0.4, -0.2) is 17.8 Å². The largest absolute Gasteiger partial charge is 0.393 e. The quantitative estimate of drug-likeness (QED) is 0.757. The van der Waals surface area contributed by atoms with Gasteiger partial charge < -0.3 is 10.8 Å². The Labute approximate surface area is 90.9 Å². The van der Waals surface area contributed by atoms with Crippen LogP contribution in [0.25, 0.3) is 0 Å². The van der Waals surface area contributed by atoms with Gasteiger partial charge in [-0.2, -0.15) is 0 Å². The molecule has 1 aromatic carbocycles. The lowest BCUT2D eigenvalue weighted by atomic mass is 9.63. The van der Waals surface area contributed by atoms with Gasteiger partial charge in [0.05, 0.1) is 6.10 Å². The van der Waals surface area contributed by atoms with E-state index in [0.29, 0.717) is 18.4 Å². The first-order valence-corrected chi connectivity index (χ1v) is 5.02. The summed E-state index contributed by atoms with van der Waals surface area (Å²) in [6.07, 6.45) is 0.210. The van der Waals surface area contributed by atoms with Crippen molar-refractivity contribution in [3.05, 3.63) is 35.1 Å². The molecule has 0 amide bonds. The third-order valence-electron chi connectivity index (χ3n) is 3.24. The van der Waals surface area contributed by atoms with E-state index in [-0.39, 0.29) is 6.54 Å². The molecule has 0 atom stereocenters. The molecule has 1 aromatic rings. The van der Waals surface area contributed by atoms with E-state index >= 15 is 0 Å². The summed E-state index contributed by atoms with van der Waals surface area (Å²) in [4.78, 5) is 0. The highest BCUT2D eigenvalue weighted by Gasteiger charge is 2.44. The summed E-state index contributed by atoms with van der Waals surface area (Å²) in [5.41, 5.74) is 5.25. The van der Waals surface area contributed by atoms with Crippen LogP contribution in [0.4, 0.5) is 13.2 Å². The Hall–Kier alpha value is -1.07. The van der Waals surface area contributed by atoms with Gasteiger partial charge in [0.2, 0.25) is 0 Å². The molecule has 0 saturated heterocycles. The smallest absolute Gasteiger partial charge is 0.194 e. The van der Waals surface area contributed by atoms with Gasteiger partial charge in [0.1, 0.15) is 0 Å². The van der Waals surface area contributed by atoms with Crippen molar-refractivity contribution >= 4 is 0 Å². The fourth-order valence-electron chi connectivity index (χ4n) is 2.22. The van der Waals surface area contributed by atoms with E-state index in [0.717, 1.165) is 12.1 Å². The Bertz CT molecular complexity index is 393. The zero-order valence-electron chi connectivity index (χ0n) is 8.51. The number of aliphatic hydroxyl groups is 1. The van der Waals surface area contributed by atoms with Gasteiger partial charge in [-0.1, -0.05) is 0 Å². The van der Waals surface area contributed by atoms with Crippen LogP contribution in [0.1, 0.15) is 18.4 Å². The van der Waals surface area contributed by atoms with Crippen LogP contribution < -0.4 is 5.73 Å². The standard InChI is InChI=1S/C11H12F3NO/c12-8-1-6(2-9(13)10(8)14)11(5-15)3-7(16)4-11/h1-2,7,16H,3-5,15H2. The number of hydrogen-bond donors (Lipinski definition) is 2. The van der Waals surface area contributed by atoms with Gasteiger partial charge in [-0.25, -0.2) is 13.2 Å². The molecule has 1 aliphatic rings. The average molecular weight is 231 g/mol. The molecule has 2 nitrogen and oxygen atoms in total. The topological polar surface area (TPSA) is 46.2 Å². The van der Waals surface area contributed by atoms with E-state index in [9.17, 15) is 18.3 Å². The number of benzene rings is 1. The van der Waals surface area contributed by atoms with E-state index in [1.54, 1.807) is 0 Å². The zero-order chi connectivity index (χ0) is 11.9. The van der Waals surface area contributed by atoms with Crippen LogP contribution in [-0.2, 0) is 5.41 Å². The van der Waals surface area contributed by atoms with Crippen molar-refractivity contribution in [3.63, 3.8) is 0 Å². The minimum absolute atomic E-state index is 0.175. The predicted octanol–water partition coefficient (Wildman–Crippen LogP) is 1.46. The second-order valence-electron chi connectivity index (χ2n) is 4.30. The highest BCUT2D eigenvalue weighted by Crippen LogP contribution is 2.43. The first-order valence-electron chi connectivity index (χ1n) is 5.02. The second-order valence-corrected chi connectivity index (χ2v) is 4.30. The molecule has 5 heteroatoms. The van der Waals surface area contributed by atoms with Crippen LogP contribution in [0.5, 0.6) is 0 Å². The maximum atomic E-state index is 13.0. The fraction of sp³-hybridized carbons (Fsp3) is 0.455. The van der Waals surface area contributed by atoms with Crippen LogP contribution >= 0.6 is 0 Å². The third-order valence-corrected chi connectivity index (χ3v) is 3.24. The second kappa shape index (κ2) is 3.75. The molecule has 1 saturated carbocycles. The number of hydrogen-bond acceptors (Lipinski definition) is 2. The number of halogens is 3. The molecule has 0 radical (unpaired) electrons. The Kier molecular flexibility index (Phi) is 2.67. The fourth-order valence-corrected chi connectivity index (χ4v) is 2.22. The van der Waals surface area contributed by atoms with Gasteiger partial charge in [0, 0.05) is 12.0 Å². The molecule has 2 rings (SSSR count). The molecular formula is C11H12F3NO. The predicted molar refractivity (Wildman–Crippen MR) is 52.3 cm³/mol. The Morgan fingerprint density at radius 2 is 1.75 bits per heavy atom. The van der Waals surface area contributed by atoms with Crippen LogP contribution in [0.3, 0.4) is 0 Å². The van der Waals surface area contributed by atoms with E-state index < -0.39 is 29.0 Å². The minimum atomic E-state index is -1.48. The van der Waals surface area contributed by atoms with Crippen molar-refractivity contribution in [1.82, 2.24) is 0 Å². The summed E-state index contributed by atoms with van der Waals surface area (Å²) in [7, 11) is 0. The van der Waals surface area contributed by atoms with Crippen LogP contribution in [0.15, 0.2) is 12.1 Å². The van der Waals surface area contributed by atoms with Crippen molar-refractivity contribution in [1.29, 1.82) is 0 Å². The molecule has 0 heterocycles. The highest BCUT2D eigenvalue weighted by atomic mass is 19.2. The molecule has 0 aromatic heterocycles. The molecule has 3 N–H and O–H groups in total. The SMILES string of the molecule is NCC1(c2cc(F)c(F)c(F)c2)CC(O)C1. The maximum Gasteiger partial charge on any atom is 0.194 e. The van der Waals surface area contributed by atoms with Crippen LogP contribution in [0.2, 0.25) is 0 Å². The first-order chi connectivity index (χ1) is 7.48. The summed E-state index contributed by atoms with van der Waals surface area (Å²) >= 11 is 0. The van der Waals surface area contributed by atoms with Gasteiger partial charge in [0.15, 0.2) is 17.5 Å². The molecule has 1 aliphatic carbocycles. The lowest BCUT2D eigenvalue weighted by Gasteiger charge is -2.45. The molecular weight excluding hydrogens is 219 g/mol. The van der Waals surface area contributed by atoms with Crippen molar-refractivity contribution in [2.75, 3.05) is 6.54 Å². The van der Waals surface area contributed by atoms with E-state index in [4.69, 9.17) is 5.73 Å². The van der Waals surface area contributed by atoms with E-state index in [1.165, 1.54) is 0 Å². The Morgan fingerprint density at radius 1 is 1.25 bits per heavy atom. The molecule has 0 spiro atoms. The van der Waals surface area contributed by atoms with Crippen LogP contribution in [0, 0.1) is 17.5 Å². The molecule has 0 aliphatic heterocycles. The number of rotatable bonds is 2. The molecule has 0 bridgehead atoms. The molecule has 16 heavy (non-hydrogen) atoms. The summed E-state index contributed by atoms with van der Waals surface area (Å²) < 4.78 is 38.9. The van der Waals surface area contributed by atoms with Crippen molar-refractivity contribution in [2.24, 2.45) is 5.73 Å². The minimum Gasteiger partial charge on any atom is -0.393 e. The van der Waals surface area contributed by atoms with Gasteiger partial charge in [-0.15, -0.1) is 0 Å². The van der Waals surface area contributed by atoms with Crippen molar-refractivity contribution < 1.29 is 18.3 Å². The lowest BCUT2D eigenvalue weighted by molar-refractivity contribution is 0.0218. The molecule has 88 valence electrons. The number of nitrogens with two attached hydrogens (primary N) is 1. The van der Waals surface area contributed by atoms with Gasteiger partial charge in [-0.3, -0.25) is 0 Å². The lowest BCUT2D eigenvalue weighted by Crippen LogP contribution is -2.49. The zero-order valence-corrected chi connectivity index (χ0v) is 8.51. The Balaban J connectivity index is 2.40. The maximum absolute atomic E-state index is 13.0. The number of aliphatic hydroxyl groups excluding tert-OH is 1. The summed E-state index contributed by atoms with van der Waals surface area (Å²) in [5.74, 6) is -3.91. The highest BCUT2D eigenvalue weighted by molar-refractivity contribution is 5.31. The normalized spacial score (nSPS) is 28.9. The van der Waals surface area contributed by atoms with E-state index in [1.807, 2.05) is 0 Å². The van der Waals surface area contributed by atoms with Gasteiger partial charge >= 0.3 is 0 Å². The van der Waals surface area contributed by atoms with E-state index in [2.05, 4.69) is 0 Å². The van der Waals surface area contributed by atoms with Crippen molar-refractivity contribution in [2.45, 2.75) is 24.4 Å².